The van der Waals surface area contributed by atoms with Crippen LogP contribution < -0.4 is 10.6 Å². The molecule has 1 fully saturated rings. The SMILES string of the molecule is CN=C(NCc1nc(C)c(C)o1)NCC1(c2ccc(Br)cc2)CCCC1.I. The quantitative estimate of drug-likeness (QED) is 0.320. The molecule has 0 unspecified atom stereocenters. The molecule has 1 saturated carbocycles. The summed E-state index contributed by atoms with van der Waals surface area (Å²) in [6.45, 7) is 5.29. The zero-order valence-electron chi connectivity index (χ0n) is 16.1. The molecule has 27 heavy (non-hydrogen) atoms. The van der Waals surface area contributed by atoms with E-state index in [1.54, 1.807) is 7.05 Å². The highest BCUT2D eigenvalue weighted by Crippen LogP contribution is 2.40. The Morgan fingerprint density at radius 1 is 1.19 bits per heavy atom. The molecule has 2 aromatic rings. The molecule has 2 N–H and O–H groups in total. The van der Waals surface area contributed by atoms with Crippen LogP contribution in [0.1, 0.15) is 48.6 Å². The number of benzene rings is 1. The highest BCUT2D eigenvalue weighted by Gasteiger charge is 2.35. The first-order chi connectivity index (χ1) is 12.5. The Labute approximate surface area is 187 Å². The van der Waals surface area contributed by atoms with E-state index in [1.807, 2.05) is 13.8 Å². The number of halogens is 2. The van der Waals surface area contributed by atoms with Crippen LogP contribution in [-0.2, 0) is 12.0 Å². The molecule has 0 spiro atoms. The number of aromatic nitrogens is 1. The van der Waals surface area contributed by atoms with Crippen LogP contribution in [0.4, 0.5) is 0 Å². The maximum absolute atomic E-state index is 5.63. The molecule has 1 aromatic heterocycles. The number of hydrogen-bond acceptors (Lipinski definition) is 3. The van der Waals surface area contributed by atoms with E-state index in [-0.39, 0.29) is 29.4 Å². The molecule has 0 atom stereocenters. The van der Waals surface area contributed by atoms with Gasteiger partial charge in [0.15, 0.2) is 5.96 Å². The largest absolute Gasteiger partial charge is 0.444 e. The van der Waals surface area contributed by atoms with E-state index >= 15 is 0 Å². The number of aryl methyl sites for hydroxylation is 2. The maximum Gasteiger partial charge on any atom is 0.214 e. The molecular formula is C20H28BrIN4O. The van der Waals surface area contributed by atoms with E-state index in [2.05, 4.69) is 60.8 Å². The number of hydrogen-bond donors (Lipinski definition) is 2. The van der Waals surface area contributed by atoms with Gasteiger partial charge in [0.25, 0.3) is 0 Å². The zero-order chi connectivity index (χ0) is 18.6. The summed E-state index contributed by atoms with van der Waals surface area (Å²) in [5.41, 5.74) is 2.51. The monoisotopic (exact) mass is 546 g/mol. The van der Waals surface area contributed by atoms with Gasteiger partial charge in [0.05, 0.1) is 12.2 Å². The standard InChI is InChI=1S/C20H27BrN4O.HI/c1-14-15(2)26-18(25-14)12-23-19(22-3)24-13-20(10-4-5-11-20)16-6-8-17(21)9-7-16;/h6-9H,4-5,10-13H2,1-3H3,(H2,22,23,24);1H. The van der Waals surface area contributed by atoms with E-state index < -0.39 is 0 Å². The van der Waals surface area contributed by atoms with Crippen molar-refractivity contribution in [1.29, 1.82) is 0 Å². The third-order valence-electron chi connectivity index (χ3n) is 5.31. The van der Waals surface area contributed by atoms with E-state index in [1.165, 1.54) is 31.2 Å². The first kappa shape index (κ1) is 22.2. The van der Waals surface area contributed by atoms with Gasteiger partial charge in [0.1, 0.15) is 5.76 Å². The van der Waals surface area contributed by atoms with Crippen molar-refractivity contribution in [2.75, 3.05) is 13.6 Å². The summed E-state index contributed by atoms with van der Waals surface area (Å²) in [5.74, 6) is 2.33. The van der Waals surface area contributed by atoms with Gasteiger partial charge >= 0.3 is 0 Å². The molecule has 7 heteroatoms. The Morgan fingerprint density at radius 2 is 1.85 bits per heavy atom. The summed E-state index contributed by atoms with van der Waals surface area (Å²) in [7, 11) is 1.79. The van der Waals surface area contributed by atoms with E-state index in [9.17, 15) is 0 Å². The van der Waals surface area contributed by atoms with Crippen molar-refractivity contribution in [2.45, 2.75) is 51.5 Å². The summed E-state index contributed by atoms with van der Waals surface area (Å²) >= 11 is 3.53. The highest BCUT2D eigenvalue weighted by atomic mass is 127. The molecular weight excluding hydrogens is 519 g/mol. The molecule has 0 bridgehead atoms. The average Bonchev–Trinajstić information content (AvgIpc) is 3.23. The number of guanidine groups is 1. The van der Waals surface area contributed by atoms with Crippen LogP contribution in [0.3, 0.4) is 0 Å². The van der Waals surface area contributed by atoms with Crippen molar-refractivity contribution < 1.29 is 4.42 Å². The molecule has 0 saturated heterocycles. The molecule has 1 aliphatic carbocycles. The highest BCUT2D eigenvalue weighted by molar-refractivity contribution is 14.0. The van der Waals surface area contributed by atoms with Gasteiger partial charge < -0.3 is 15.1 Å². The van der Waals surface area contributed by atoms with Gasteiger partial charge in [0.2, 0.25) is 5.89 Å². The lowest BCUT2D eigenvalue weighted by Crippen LogP contribution is -2.44. The first-order valence-corrected chi connectivity index (χ1v) is 9.95. The third kappa shape index (κ3) is 5.47. The first-order valence-electron chi connectivity index (χ1n) is 9.16. The third-order valence-corrected chi connectivity index (χ3v) is 5.84. The fourth-order valence-electron chi connectivity index (χ4n) is 3.67. The molecule has 0 amide bonds. The van der Waals surface area contributed by atoms with Crippen LogP contribution in [-0.4, -0.2) is 24.5 Å². The van der Waals surface area contributed by atoms with Crippen LogP contribution in [0.5, 0.6) is 0 Å². The van der Waals surface area contributed by atoms with Crippen molar-refractivity contribution in [3.63, 3.8) is 0 Å². The van der Waals surface area contributed by atoms with Crippen LogP contribution in [0, 0.1) is 13.8 Å². The Bertz CT molecular complexity index is 747. The lowest BCUT2D eigenvalue weighted by molar-refractivity contribution is 0.429. The Balaban J connectivity index is 0.00000261. The molecule has 1 heterocycles. The molecule has 3 rings (SSSR count). The van der Waals surface area contributed by atoms with Gasteiger partial charge in [-0.1, -0.05) is 40.9 Å². The van der Waals surface area contributed by atoms with E-state index in [0.29, 0.717) is 12.4 Å². The Kier molecular flexibility index (Phi) is 8.15. The Hall–Kier alpha value is -1.09. The molecule has 148 valence electrons. The lowest BCUT2D eigenvalue weighted by atomic mass is 9.79. The van der Waals surface area contributed by atoms with Crippen molar-refractivity contribution in [2.24, 2.45) is 4.99 Å². The molecule has 1 aromatic carbocycles. The minimum absolute atomic E-state index is 0. The van der Waals surface area contributed by atoms with Crippen LogP contribution in [0.2, 0.25) is 0 Å². The van der Waals surface area contributed by atoms with Crippen molar-refractivity contribution in [1.82, 2.24) is 15.6 Å². The topological polar surface area (TPSA) is 62.5 Å². The van der Waals surface area contributed by atoms with Crippen LogP contribution in [0.25, 0.3) is 0 Å². The second-order valence-corrected chi connectivity index (χ2v) is 7.94. The summed E-state index contributed by atoms with van der Waals surface area (Å²) in [5, 5.41) is 6.82. The van der Waals surface area contributed by atoms with Gasteiger partial charge in [-0.15, -0.1) is 24.0 Å². The second-order valence-electron chi connectivity index (χ2n) is 7.02. The maximum atomic E-state index is 5.63. The fourth-order valence-corrected chi connectivity index (χ4v) is 3.93. The number of nitrogens with one attached hydrogen (secondary N) is 2. The number of rotatable bonds is 5. The smallest absolute Gasteiger partial charge is 0.214 e. The van der Waals surface area contributed by atoms with Crippen molar-refractivity contribution >= 4 is 45.9 Å². The number of nitrogens with zero attached hydrogens (tertiary/aromatic N) is 2. The summed E-state index contributed by atoms with van der Waals surface area (Å²) in [6, 6.07) is 8.75. The summed E-state index contributed by atoms with van der Waals surface area (Å²) < 4.78 is 6.75. The number of oxazole rings is 1. The summed E-state index contributed by atoms with van der Waals surface area (Å²) in [4.78, 5) is 8.76. The Morgan fingerprint density at radius 3 is 2.41 bits per heavy atom. The fraction of sp³-hybridized carbons (Fsp3) is 0.500. The normalized spacial score (nSPS) is 16.1. The van der Waals surface area contributed by atoms with Crippen LogP contribution in [0.15, 0.2) is 38.1 Å². The molecule has 5 nitrogen and oxygen atoms in total. The van der Waals surface area contributed by atoms with Gasteiger partial charge in [-0.2, -0.15) is 0 Å². The minimum Gasteiger partial charge on any atom is -0.444 e. The van der Waals surface area contributed by atoms with Crippen molar-refractivity contribution in [3.05, 3.63) is 51.6 Å². The summed E-state index contributed by atoms with van der Waals surface area (Å²) in [6.07, 6.45) is 4.96. The zero-order valence-corrected chi connectivity index (χ0v) is 20.1. The molecule has 0 radical (unpaired) electrons. The van der Waals surface area contributed by atoms with Gasteiger partial charge in [0, 0.05) is 23.5 Å². The van der Waals surface area contributed by atoms with E-state index in [4.69, 9.17) is 4.42 Å². The van der Waals surface area contributed by atoms with Crippen molar-refractivity contribution in [3.8, 4) is 0 Å². The predicted molar refractivity (Wildman–Crippen MR) is 124 cm³/mol. The van der Waals surface area contributed by atoms with Gasteiger partial charge in [-0.05, 0) is 44.4 Å². The van der Waals surface area contributed by atoms with Crippen LogP contribution >= 0.6 is 39.9 Å². The van der Waals surface area contributed by atoms with E-state index in [0.717, 1.165) is 28.4 Å². The average molecular weight is 547 g/mol. The lowest BCUT2D eigenvalue weighted by Gasteiger charge is -2.31. The number of aliphatic imine (C=N–C) groups is 1. The molecule has 0 aliphatic heterocycles. The van der Waals surface area contributed by atoms with Gasteiger partial charge in [-0.25, -0.2) is 4.98 Å². The second kappa shape index (κ2) is 9.91. The van der Waals surface area contributed by atoms with Gasteiger partial charge in [-0.3, -0.25) is 4.99 Å². The molecule has 1 aliphatic rings. The minimum atomic E-state index is 0. The predicted octanol–water partition coefficient (Wildman–Crippen LogP) is 4.85.